The third-order valence-corrected chi connectivity index (χ3v) is 2.73. The topological polar surface area (TPSA) is 15.6 Å². The van der Waals surface area contributed by atoms with Gasteiger partial charge in [0.15, 0.2) is 0 Å². The molecular weight excluding hydrogens is 242 g/mol. The highest BCUT2D eigenvalue weighted by Gasteiger charge is 2.16. The minimum absolute atomic E-state index is 0.529. The summed E-state index contributed by atoms with van der Waals surface area (Å²) in [7, 11) is 0. The van der Waals surface area contributed by atoms with Crippen molar-refractivity contribution in [3.8, 4) is 0 Å². The van der Waals surface area contributed by atoms with Crippen molar-refractivity contribution in [2.75, 3.05) is 11.6 Å². The Hall–Kier alpha value is -0.440. The Balaban J connectivity index is 2.46. The summed E-state index contributed by atoms with van der Waals surface area (Å²) in [6.45, 7) is 0.807. The van der Waals surface area contributed by atoms with Gasteiger partial charge in [-0.1, -0.05) is 34.8 Å². The Morgan fingerprint density at radius 1 is 1.14 bits per heavy atom. The molecule has 0 amide bonds. The number of hydrazone groups is 1. The van der Waals surface area contributed by atoms with Crippen molar-refractivity contribution in [3.63, 3.8) is 0 Å². The summed E-state index contributed by atoms with van der Waals surface area (Å²) in [4.78, 5) is 0. The quantitative estimate of drug-likeness (QED) is 0.738. The SMILES string of the molecule is Clc1cc(Cl)c(N2CCC=N2)c(Cl)c1. The summed E-state index contributed by atoms with van der Waals surface area (Å²) in [6, 6.07) is 3.33. The summed E-state index contributed by atoms with van der Waals surface area (Å²) >= 11 is 17.9. The number of hydrogen-bond donors (Lipinski definition) is 0. The minimum Gasteiger partial charge on any atom is -0.262 e. The summed E-state index contributed by atoms with van der Waals surface area (Å²) in [5.74, 6) is 0. The minimum atomic E-state index is 0.529. The van der Waals surface area contributed by atoms with E-state index in [0.717, 1.165) is 18.7 Å². The van der Waals surface area contributed by atoms with Gasteiger partial charge < -0.3 is 0 Å². The lowest BCUT2D eigenvalue weighted by atomic mass is 10.3. The standard InChI is InChI=1S/C9H7Cl3N2/c10-6-4-7(11)9(8(12)5-6)14-3-1-2-13-14/h2,4-5H,1,3H2. The maximum absolute atomic E-state index is 6.03. The predicted molar refractivity (Wildman–Crippen MR) is 61.9 cm³/mol. The van der Waals surface area contributed by atoms with Gasteiger partial charge >= 0.3 is 0 Å². The van der Waals surface area contributed by atoms with Crippen LogP contribution in [0.1, 0.15) is 6.42 Å². The molecule has 2 nitrogen and oxygen atoms in total. The number of benzene rings is 1. The molecule has 0 atom stereocenters. The van der Waals surface area contributed by atoms with Crippen LogP contribution in [0.15, 0.2) is 17.2 Å². The molecule has 0 radical (unpaired) electrons. The first kappa shape index (κ1) is 10.1. The van der Waals surface area contributed by atoms with Crippen LogP contribution >= 0.6 is 34.8 Å². The van der Waals surface area contributed by atoms with E-state index in [4.69, 9.17) is 34.8 Å². The molecule has 1 aliphatic rings. The normalized spacial score (nSPS) is 15.2. The smallest absolute Gasteiger partial charge is 0.0967 e. The molecule has 0 saturated heterocycles. The molecule has 14 heavy (non-hydrogen) atoms. The largest absolute Gasteiger partial charge is 0.262 e. The van der Waals surface area contributed by atoms with Gasteiger partial charge in [-0.2, -0.15) is 5.10 Å². The monoisotopic (exact) mass is 248 g/mol. The van der Waals surface area contributed by atoms with Gasteiger partial charge in [-0.25, -0.2) is 0 Å². The van der Waals surface area contributed by atoms with E-state index in [9.17, 15) is 0 Å². The van der Waals surface area contributed by atoms with E-state index in [1.807, 2.05) is 6.21 Å². The third-order valence-electron chi connectivity index (χ3n) is 1.93. The molecule has 0 fully saturated rings. The van der Waals surface area contributed by atoms with E-state index in [1.54, 1.807) is 17.1 Å². The Bertz CT molecular complexity index is 367. The second kappa shape index (κ2) is 3.97. The van der Waals surface area contributed by atoms with Gasteiger partial charge in [0.25, 0.3) is 0 Å². The Labute approximate surface area is 97.1 Å². The van der Waals surface area contributed by atoms with E-state index >= 15 is 0 Å². The molecule has 0 saturated carbocycles. The van der Waals surface area contributed by atoms with Crippen molar-refractivity contribution in [2.45, 2.75) is 6.42 Å². The van der Waals surface area contributed by atoms with Gasteiger partial charge in [-0.15, -0.1) is 0 Å². The first-order valence-electron chi connectivity index (χ1n) is 4.13. The van der Waals surface area contributed by atoms with E-state index in [1.165, 1.54) is 0 Å². The molecule has 1 aromatic carbocycles. The van der Waals surface area contributed by atoms with Crippen LogP contribution in [0.25, 0.3) is 0 Å². The average molecular weight is 250 g/mol. The van der Waals surface area contributed by atoms with E-state index in [-0.39, 0.29) is 0 Å². The maximum Gasteiger partial charge on any atom is 0.0967 e. The van der Waals surface area contributed by atoms with Crippen molar-refractivity contribution in [1.82, 2.24) is 0 Å². The third kappa shape index (κ3) is 1.83. The van der Waals surface area contributed by atoms with Crippen molar-refractivity contribution < 1.29 is 0 Å². The van der Waals surface area contributed by atoms with Crippen molar-refractivity contribution in [3.05, 3.63) is 27.2 Å². The van der Waals surface area contributed by atoms with Crippen LogP contribution in [-0.4, -0.2) is 12.8 Å². The first-order chi connectivity index (χ1) is 6.68. The molecule has 0 aromatic heterocycles. The van der Waals surface area contributed by atoms with Crippen LogP contribution < -0.4 is 5.01 Å². The zero-order chi connectivity index (χ0) is 10.1. The highest BCUT2D eigenvalue weighted by molar-refractivity contribution is 6.41. The molecule has 1 heterocycles. The fraction of sp³-hybridized carbons (Fsp3) is 0.222. The highest BCUT2D eigenvalue weighted by Crippen LogP contribution is 2.37. The molecule has 5 heteroatoms. The number of halogens is 3. The summed E-state index contributed by atoms with van der Waals surface area (Å²) in [6.07, 6.45) is 2.75. The number of anilines is 1. The second-order valence-corrected chi connectivity index (χ2v) is 4.18. The van der Waals surface area contributed by atoms with Crippen LogP contribution in [-0.2, 0) is 0 Å². The zero-order valence-corrected chi connectivity index (χ0v) is 9.44. The van der Waals surface area contributed by atoms with E-state index < -0.39 is 0 Å². The van der Waals surface area contributed by atoms with E-state index in [2.05, 4.69) is 5.10 Å². The van der Waals surface area contributed by atoms with Gasteiger partial charge in [-0.05, 0) is 12.1 Å². The molecule has 0 unspecified atom stereocenters. The predicted octanol–water partition coefficient (Wildman–Crippen LogP) is 3.84. The summed E-state index contributed by atoms with van der Waals surface area (Å²) < 4.78 is 0. The van der Waals surface area contributed by atoms with Crippen LogP contribution in [0, 0.1) is 0 Å². The fourth-order valence-electron chi connectivity index (χ4n) is 1.34. The lowest BCUT2D eigenvalue weighted by molar-refractivity contribution is 0.922. The van der Waals surface area contributed by atoms with Crippen molar-refractivity contribution >= 4 is 46.7 Å². The lowest BCUT2D eigenvalue weighted by Crippen LogP contribution is -2.12. The van der Waals surface area contributed by atoms with Crippen LogP contribution in [0.4, 0.5) is 5.69 Å². The van der Waals surface area contributed by atoms with E-state index in [0.29, 0.717) is 15.1 Å². The summed E-state index contributed by atoms with van der Waals surface area (Å²) in [5, 5.41) is 7.53. The average Bonchev–Trinajstić information content (AvgIpc) is 2.54. The first-order valence-corrected chi connectivity index (χ1v) is 5.26. The van der Waals surface area contributed by atoms with Crippen LogP contribution in [0.3, 0.4) is 0 Å². The zero-order valence-electron chi connectivity index (χ0n) is 7.17. The molecule has 1 aliphatic heterocycles. The number of rotatable bonds is 1. The van der Waals surface area contributed by atoms with Gasteiger partial charge in [-0.3, -0.25) is 5.01 Å². The maximum atomic E-state index is 6.03. The Morgan fingerprint density at radius 2 is 1.79 bits per heavy atom. The van der Waals surface area contributed by atoms with Gasteiger partial charge in [0.2, 0.25) is 0 Å². The molecule has 0 N–H and O–H groups in total. The molecule has 74 valence electrons. The van der Waals surface area contributed by atoms with Gasteiger partial charge in [0, 0.05) is 24.2 Å². The fourth-order valence-corrected chi connectivity index (χ4v) is 2.36. The second-order valence-electron chi connectivity index (χ2n) is 2.93. The summed E-state index contributed by atoms with van der Waals surface area (Å²) in [5.41, 5.74) is 0.728. The Kier molecular flexibility index (Phi) is 2.86. The molecule has 0 aliphatic carbocycles. The number of nitrogens with zero attached hydrogens (tertiary/aromatic N) is 2. The van der Waals surface area contributed by atoms with Crippen LogP contribution in [0.2, 0.25) is 15.1 Å². The lowest BCUT2D eigenvalue weighted by Gasteiger charge is -2.17. The molecule has 2 rings (SSSR count). The molecule has 0 spiro atoms. The van der Waals surface area contributed by atoms with Crippen molar-refractivity contribution in [2.24, 2.45) is 5.10 Å². The Morgan fingerprint density at radius 3 is 2.29 bits per heavy atom. The molecule has 1 aromatic rings. The van der Waals surface area contributed by atoms with Gasteiger partial charge in [0.1, 0.15) is 0 Å². The molecule has 0 bridgehead atoms. The highest BCUT2D eigenvalue weighted by atomic mass is 35.5. The van der Waals surface area contributed by atoms with Gasteiger partial charge in [0.05, 0.1) is 15.7 Å². The van der Waals surface area contributed by atoms with Crippen molar-refractivity contribution in [1.29, 1.82) is 0 Å². The number of hydrogen-bond acceptors (Lipinski definition) is 2. The van der Waals surface area contributed by atoms with Crippen LogP contribution in [0.5, 0.6) is 0 Å². The molecular formula is C9H7Cl3N2.